The van der Waals surface area contributed by atoms with Gasteiger partial charge in [-0.1, -0.05) is 71.7 Å². The Balaban J connectivity index is 0.000000195. The molecule has 0 bridgehead atoms. The number of isocyanates is 4. The molecule has 0 spiro atoms. The zero-order valence-corrected chi connectivity index (χ0v) is 31.6. The van der Waals surface area contributed by atoms with Gasteiger partial charge in [0.15, 0.2) is 17.2 Å². The molecule has 0 saturated carbocycles. The van der Waals surface area contributed by atoms with Gasteiger partial charge in [0.1, 0.15) is 11.4 Å². The minimum atomic E-state index is 0.284. The standard InChI is InChI=1S/C16H12N2O4.C14H6Cl2N2O2.C12H6N2O2/c1-20-15-7-11(3-5-13(15)18-10-19)12-4-6-14(22-9-17)16(8-12)21-2;15-11-5-9(1-3-13(11)18-8-19)10-2-4-14(20-7-17)12(16)6-10;15-7-13-11-5-1-3-9-10(11)4-2-6-12(9)14-8-16/h3-8H,1-2H3;1-6H;1-6H. The molecule has 284 valence electrons. The van der Waals surface area contributed by atoms with Gasteiger partial charge in [0.25, 0.3) is 12.5 Å². The Hall–Kier alpha value is -8.14. The van der Waals surface area contributed by atoms with Gasteiger partial charge in [0.05, 0.1) is 41.3 Å². The van der Waals surface area contributed by atoms with Crippen LogP contribution in [0, 0.1) is 23.0 Å². The van der Waals surface area contributed by atoms with Gasteiger partial charge in [-0.15, -0.1) is 10.5 Å². The second-order valence-corrected chi connectivity index (χ2v) is 11.7. The van der Waals surface area contributed by atoms with Gasteiger partial charge < -0.3 is 18.9 Å². The zero-order chi connectivity index (χ0) is 41.9. The number of methoxy groups -OCH3 is 2. The fraction of sp³-hybridized carbons (Fsp3) is 0.0476. The summed E-state index contributed by atoms with van der Waals surface area (Å²) in [6, 6.07) is 30.8. The summed E-state index contributed by atoms with van der Waals surface area (Å²) in [7, 11) is 2.99. The van der Waals surface area contributed by atoms with E-state index >= 15 is 0 Å². The molecular formula is C42H24Cl2N6O8. The van der Waals surface area contributed by atoms with Crippen molar-refractivity contribution in [1.82, 2.24) is 0 Å². The molecule has 0 amide bonds. The van der Waals surface area contributed by atoms with Crippen molar-refractivity contribution in [2.45, 2.75) is 0 Å². The third-order valence-electron chi connectivity index (χ3n) is 7.74. The molecule has 0 atom stereocenters. The van der Waals surface area contributed by atoms with E-state index < -0.39 is 0 Å². The average molecular weight is 812 g/mol. The fourth-order valence-electron chi connectivity index (χ4n) is 5.19. The molecule has 0 aromatic heterocycles. The highest BCUT2D eigenvalue weighted by Gasteiger charge is 2.11. The first kappa shape index (κ1) is 42.6. The summed E-state index contributed by atoms with van der Waals surface area (Å²) in [6.45, 7) is 0. The van der Waals surface area contributed by atoms with E-state index in [2.05, 4.69) is 20.0 Å². The second-order valence-electron chi connectivity index (χ2n) is 10.9. The molecule has 6 rings (SSSR count). The molecule has 0 heterocycles. The van der Waals surface area contributed by atoms with Crippen LogP contribution in [0.5, 0.6) is 23.0 Å². The van der Waals surface area contributed by atoms with Crippen molar-refractivity contribution in [1.29, 1.82) is 10.5 Å². The highest BCUT2D eigenvalue weighted by molar-refractivity contribution is 6.33. The minimum absolute atomic E-state index is 0.284. The minimum Gasteiger partial charge on any atom is -0.494 e. The molecule has 16 heteroatoms. The zero-order valence-electron chi connectivity index (χ0n) is 30.1. The van der Waals surface area contributed by atoms with Crippen molar-refractivity contribution in [2.75, 3.05) is 14.2 Å². The van der Waals surface area contributed by atoms with E-state index in [0.29, 0.717) is 50.0 Å². The van der Waals surface area contributed by atoms with E-state index in [1.165, 1.54) is 38.5 Å². The number of nitrogens with zero attached hydrogens (tertiary/aromatic N) is 6. The van der Waals surface area contributed by atoms with Crippen LogP contribution in [0.3, 0.4) is 0 Å². The van der Waals surface area contributed by atoms with Crippen LogP contribution in [0.2, 0.25) is 10.0 Å². The van der Waals surface area contributed by atoms with Crippen LogP contribution in [0.1, 0.15) is 0 Å². The Labute approximate surface area is 339 Å². The lowest BCUT2D eigenvalue weighted by Gasteiger charge is -2.10. The Morgan fingerprint density at radius 3 is 1.34 bits per heavy atom. The van der Waals surface area contributed by atoms with Crippen LogP contribution in [0.25, 0.3) is 33.0 Å². The van der Waals surface area contributed by atoms with E-state index in [1.807, 2.05) is 0 Å². The van der Waals surface area contributed by atoms with Crippen LogP contribution in [-0.2, 0) is 19.2 Å². The number of hydrogen-bond acceptors (Lipinski definition) is 14. The molecule has 6 aromatic rings. The molecule has 0 fully saturated rings. The Bertz CT molecular complexity index is 2700. The molecule has 0 saturated heterocycles. The summed E-state index contributed by atoms with van der Waals surface area (Å²) >= 11 is 12.0. The largest absolute Gasteiger partial charge is 0.494 e. The second kappa shape index (κ2) is 21.7. The van der Waals surface area contributed by atoms with Crippen molar-refractivity contribution in [3.05, 3.63) is 119 Å². The van der Waals surface area contributed by atoms with Crippen LogP contribution in [0.4, 0.5) is 22.7 Å². The average Bonchev–Trinajstić information content (AvgIpc) is 3.24. The summed E-state index contributed by atoms with van der Waals surface area (Å²) < 4.78 is 19.9. The molecule has 6 aromatic carbocycles. The summed E-state index contributed by atoms with van der Waals surface area (Å²) in [5, 5.41) is 19.2. The maximum atomic E-state index is 10.4. The van der Waals surface area contributed by atoms with Gasteiger partial charge in [-0.05, 0) is 82.9 Å². The number of rotatable bonds is 10. The van der Waals surface area contributed by atoms with Crippen molar-refractivity contribution < 1.29 is 38.1 Å². The lowest BCUT2D eigenvalue weighted by Crippen LogP contribution is -1.91. The van der Waals surface area contributed by atoms with Crippen LogP contribution >= 0.6 is 23.2 Å². The Morgan fingerprint density at radius 2 is 0.862 bits per heavy atom. The first-order chi connectivity index (χ1) is 28.2. The number of benzene rings is 6. The quantitative estimate of drug-likeness (QED) is 0.0727. The lowest BCUT2D eigenvalue weighted by molar-refractivity contribution is 0.384. The van der Waals surface area contributed by atoms with Crippen molar-refractivity contribution >= 4 is 81.0 Å². The van der Waals surface area contributed by atoms with E-state index in [-0.39, 0.29) is 5.75 Å². The molecule has 0 radical (unpaired) electrons. The maximum Gasteiger partial charge on any atom is 0.292 e. The lowest BCUT2D eigenvalue weighted by atomic mass is 10.0. The van der Waals surface area contributed by atoms with Crippen LogP contribution in [0.15, 0.2) is 129 Å². The highest BCUT2D eigenvalue weighted by atomic mass is 35.5. The maximum absolute atomic E-state index is 10.4. The van der Waals surface area contributed by atoms with Gasteiger partial charge in [-0.25, -0.2) is 19.2 Å². The van der Waals surface area contributed by atoms with E-state index in [9.17, 15) is 19.2 Å². The summed E-state index contributed by atoms with van der Waals surface area (Å²) in [5.41, 5.74) is 5.03. The number of carbonyl (C=O) groups excluding carboxylic acids is 4. The monoisotopic (exact) mass is 810 g/mol. The summed E-state index contributed by atoms with van der Waals surface area (Å²) in [6.07, 6.45) is 9.08. The van der Waals surface area contributed by atoms with Gasteiger partial charge in [0.2, 0.25) is 24.3 Å². The SMILES string of the molecule is COc1cc(-c2ccc(OC#N)c(OC)c2)ccc1N=C=O.N#COc1ccc(-c2ccc(N=C=O)c(Cl)c2)cc1Cl.O=C=Nc1cccc2c(N=C=O)cccc12. The predicted molar refractivity (Wildman–Crippen MR) is 214 cm³/mol. The molecular weight excluding hydrogens is 787 g/mol. The number of fused-ring (bicyclic) bond motifs is 1. The Kier molecular flexibility index (Phi) is 15.9. The van der Waals surface area contributed by atoms with E-state index in [4.69, 9.17) is 52.7 Å². The molecule has 0 aliphatic heterocycles. The number of aliphatic imine (C=N–C) groups is 4. The van der Waals surface area contributed by atoms with Crippen molar-refractivity contribution in [2.24, 2.45) is 20.0 Å². The predicted octanol–water partition coefficient (Wildman–Crippen LogP) is 10.5. The van der Waals surface area contributed by atoms with Crippen molar-refractivity contribution in [3.63, 3.8) is 0 Å². The van der Waals surface area contributed by atoms with Gasteiger partial charge in [0, 0.05) is 10.8 Å². The van der Waals surface area contributed by atoms with Crippen molar-refractivity contribution in [3.8, 4) is 57.8 Å². The molecule has 14 nitrogen and oxygen atoms in total. The van der Waals surface area contributed by atoms with E-state index in [0.717, 1.165) is 33.0 Å². The molecule has 0 aliphatic rings. The van der Waals surface area contributed by atoms with Gasteiger partial charge in [-0.3, -0.25) is 0 Å². The first-order valence-corrected chi connectivity index (χ1v) is 16.9. The Morgan fingerprint density at radius 1 is 0.448 bits per heavy atom. The number of nitriles is 2. The molecule has 0 unspecified atom stereocenters. The van der Waals surface area contributed by atoms with Crippen LogP contribution in [-0.4, -0.2) is 38.5 Å². The topological polar surface area (TPSA) is 202 Å². The third kappa shape index (κ3) is 11.0. The van der Waals surface area contributed by atoms with Gasteiger partial charge in [-0.2, -0.15) is 20.0 Å². The molecule has 0 aliphatic carbocycles. The first-order valence-electron chi connectivity index (χ1n) is 16.2. The molecule has 58 heavy (non-hydrogen) atoms. The fourth-order valence-corrected chi connectivity index (χ4v) is 5.63. The number of ether oxygens (including phenoxy) is 4. The molecule has 0 N–H and O–H groups in total. The van der Waals surface area contributed by atoms with E-state index in [1.54, 1.807) is 122 Å². The number of halogens is 2. The smallest absolute Gasteiger partial charge is 0.292 e. The summed E-state index contributed by atoms with van der Waals surface area (Å²) in [5.74, 6) is 1.51. The summed E-state index contributed by atoms with van der Waals surface area (Å²) in [4.78, 5) is 55.3. The third-order valence-corrected chi connectivity index (χ3v) is 8.34. The van der Waals surface area contributed by atoms with Crippen LogP contribution < -0.4 is 18.9 Å². The number of hydrogen-bond donors (Lipinski definition) is 0. The normalized spacial score (nSPS) is 9.34. The van der Waals surface area contributed by atoms with Gasteiger partial charge >= 0.3 is 0 Å². The highest BCUT2D eigenvalue weighted by Crippen LogP contribution is 2.37.